The molecule has 0 atom stereocenters. The molecule has 1 rings (SSSR count). The summed E-state index contributed by atoms with van der Waals surface area (Å²) < 4.78 is 19.8. The molecule has 0 aliphatic carbocycles. The van der Waals surface area contributed by atoms with E-state index in [0.717, 1.165) is 6.26 Å². The van der Waals surface area contributed by atoms with Crippen LogP contribution in [0.1, 0.15) is 16.8 Å². The van der Waals surface area contributed by atoms with E-state index in [9.17, 15) is 9.59 Å². The Morgan fingerprint density at radius 1 is 1.23 bits per heavy atom. The first-order chi connectivity index (χ1) is 10.6. The Balaban J connectivity index is 2.93. The van der Waals surface area contributed by atoms with Gasteiger partial charge in [-0.2, -0.15) is 0 Å². The van der Waals surface area contributed by atoms with Crippen LogP contribution in [0.2, 0.25) is 0 Å². The maximum Gasteiger partial charge on any atom is 0.377 e. The van der Waals surface area contributed by atoms with Crippen LogP contribution in [0.3, 0.4) is 0 Å². The average molecular weight is 329 g/mol. The van der Waals surface area contributed by atoms with E-state index in [2.05, 4.69) is 4.74 Å². The number of hydrogen-bond donors (Lipinski definition) is 0. The van der Waals surface area contributed by atoms with Gasteiger partial charge in [-0.1, -0.05) is 12.1 Å². The molecule has 0 amide bonds. The molecule has 22 heavy (non-hydrogen) atoms. The zero-order valence-electron chi connectivity index (χ0n) is 12.3. The van der Waals surface area contributed by atoms with E-state index in [1.54, 1.807) is 12.1 Å². The number of benzene rings is 1. The minimum absolute atomic E-state index is 0.159. The number of carbonyl (C=O) groups is 2. The minimum atomic E-state index is -0.729. The summed E-state index contributed by atoms with van der Waals surface area (Å²) in [6, 6.07) is 6.38. The summed E-state index contributed by atoms with van der Waals surface area (Å²) in [5.41, 5.74) is 0.183. The molecule has 120 valence electrons. The topological polar surface area (TPSA) is 71.1 Å². The van der Waals surface area contributed by atoms with Gasteiger partial charge in [-0.25, -0.2) is 9.59 Å². The van der Waals surface area contributed by atoms with Crippen molar-refractivity contribution in [3.8, 4) is 5.75 Å². The molecular formula is C15H17ClO6. The molecule has 0 fully saturated rings. The van der Waals surface area contributed by atoms with Gasteiger partial charge >= 0.3 is 11.9 Å². The predicted molar refractivity (Wildman–Crippen MR) is 79.8 cm³/mol. The van der Waals surface area contributed by atoms with Crippen LogP contribution in [0.5, 0.6) is 5.75 Å². The molecule has 0 spiro atoms. The number of ether oxygens (including phenoxy) is 4. The van der Waals surface area contributed by atoms with Crippen LogP contribution < -0.4 is 4.74 Å². The Kier molecular flexibility index (Phi) is 7.85. The number of esters is 2. The molecule has 0 bridgehead atoms. The smallest absolute Gasteiger partial charge is 0.377 e. The van der Waals surface area contributed by atoms with Gasteiger partial charge in [-0.05, 0) is 18.6 Å². The van der Waals surface area contributed by atoms with Crippen molar-refractivity contribution in [2.45, 2.75) is 6.42 Å². The quantitative estimate of drug-likeness (QED) is 0.240. The summed E-state index contributed by atoms with van der Waals surface area (Å²) in [4.78, 5) is 23.6. The summed E-state index contributed by atoms with van der Waals surface area (Å²) in [7, 11) is 2.57. The number of hydrogen-bond acceptors (Lipinski definition) is 6. The molecule has 0 radical (unpaired) electrons. The first-order valence-electron chi connectivity index (χ1n) is 6.45. The average Bonchev–Trinajstić information content (AvgIpc) is 2.54. The normalized spacial score (nSPS) is 10.8. The largest absolute Gasteiger partial charge is 0.500 e. The fraction of sp³-hybridized carbons (Fsp3) is 0.333. The van der Waals surface area contributed by atoms with Gasteiger partial charge in [0.2, 0.25) is 5.76 Å². The van der Waals surface area contributed by atoms with Gasteiger partial charge in [-0.15, -0.1) is 11.6 Å². The lowest BCUT2D eigenvalue weighted by Gasteiger charge is -2.11. The van der Waals surface area contributed by atoms with Crippen molar-refractivity contribution in [3.63, 3.8) is 0 Å². The van der Waals surface area contributed by atoms with Gasteiger partial charge in [-0.3, -0.25) is 0 Å². The number of halogens is 1. The van der Waals surface area contributed by atoms with E-state index in [4.69, 9.17) is 25.8 Å². The fourth-order valence-electron chi connectivity index (χ4n) is 1.46. The van der Waals surface area contributed by atoms with Crippen LogP contribution in [0.4, 0.5) is 0 Å². The van der Waals surface area contributed by atoms with Gasteiger partial charge in [0, 0.05) is 5.88 Å². The zero-order valence-corrected chi connectivity index (χ0v) is 13.1. The Labute approximate surface area is 133 Å². The number of methoxy groups -OCH3 is 2. The van der Waals surface area contributed by atoms with Gasteiger partial charge in [0.15, 0.2) is 0 Å². The third-order valence-electron chi connectivity index (χ3n) is 2.45. The van der Waals surface area contributed by atoms with Crippen molar-refractivity contribution in [2.24, 2.45) is 0 Å². The molecular weight excluding hydrogens is 312 g/mol. The van der Waals surface area contributed by atoms with Crippen molar-refractivity contribution in [2.75, 3.05) is 26.7 Å². The van der Waals surface area contributed by atoms with Crippen LogP contribution in [0.25, 0.3) is 0 Å². The molecule has 0 aromatic heterocycles. The summed E-state index contributed by atoms with van der Waals surface area (Å²) in [6.07, 6.45) is 1.63. The van der Waals surface area contributed by atoms with E-state index in [1.807, 2.05) is 0 Å². The van der Waals surface area contributed by atoms with Crippen LogP contribution in [-0.2, 0) is 19.0 Å². The second-order valence-corrected chi connectivity index (χ2v) is 4.36. The second-order valence-electron chi connectivity index (χ2n) is 3.99. The Bertz CT molecular complexity index is 541. The zero-order chi connectivity index (χ0) is 16.4. The van der Waals surface area contributed by atoms with E-state index < -0.39 is 11.9 Å². The van der Waals surface area contributed by atoms with Gasteiger partial charge < -0.3 is 18.9 Å². The summed E-state index contributed by atoms with van der Waals surface area (Å²) in [6.45, 7) is 0.203. The summed E-state index contributed by atoms with van der Waals surface area (Å²) >= 11 is 5.53. The van der Waals surface area contributed by atoms with E-state index in [1.165, 1.54) is 26.4 Å². The maximum atomic E-state index is 12.0. The lowest BCUT2D eigenvalue weighted by atomic mass is 10.2. The number of para-hydroxylation sites is 1. The van der Waals surface area contributed by atoms with Crippen LogP contribution in [0, 0.1) is 0 Å². The Hall–Kier alpha value is -2.21. The highest BCUT2D eigenvalue weighted by Gasteiger charge is 2.19. The maximum absolute atomic E-state index is 12.0. The molecule has 1 aromatic carbocycles. The number of rotatable bonds is 8. The first kappa shape index (κ1) is 17.8. The molecule has 7 heteroatoms. The lowest BCUT2D eigenvalue weighted by molar-refractivity contribution is -0.138. The predicted octanol–water partition coefficient (Wildman–Crippen LogP) is 2.51. The van der Waals surface area contributed by atoms with Crippen molar-refractivity contribution in [3.05, 3.63) is 41.9 Å². The van der Waals surface area contributed by atoms with Gasteiger partial charge in [0.1, 0.15) is 17.6 Å². The van der Waals surface area contributed by atoms with E-state index >= 15 is 0 Å². The highest BCUT2D eigenvalue weighted by atomic mass is 35.5. The number of carbonyl (C=O) groups excluding carboxylic acids is 2. The molecule has 0 heterocycles. The van der Waals surface area contributed by atoms with Crippen molar-refractivity contribution in [1.82, 2.24) is 0 Å². The molecule has 6 nitrogen and oxygen atoms in total. The summed E-state index contributed by atoms with van der Waals surface area (Å²) in [5, 5.41) is 0. The highest BCUT2D eigenvalue weighted by Crippen LogP contribution is 2.22. The SMILES string of the molecule is CO/C=C(/Oc1ccccc1C(=O)OCCCCl)C(=O)OC. The van der Waals surface area contributed by atoms with Crippen LogP contribution >= 0.6 is 11.6 Å². The van der Waals surface area contributed by atoms with Crippen LogP contribution in [0.15, 0.2) is 36.3 Å². The van der Waals surface area contributed by atoms with E-state index in [0.29, 0.717) is 12.3 Å². The summed E-state index contributed by atoms with van der Waals surface area (Å²) in [5.74, 6) is -0.929. The van der Waals surface area contributed by atoms with Crippen molar-refractivity contribution in [1.29, 1.82) is 0 Å². The Morgan fingerprint density at radius 2 is 1.95 bits per heavy atom. The third-order valence-corrected chi connectivity index (χ3v) is 2.72. The fourth-order valence-corrected chi connectivity index (χ4v) is 1.57. The van der Waals surface area contributed by atoms with Crippen molar-refractivity contribution >= 4 is 23.5 Å². The molecule has 0 saturated carbocycles. The second kappa shape index (κ2) is 9.68. The molecule has 0 aliphatic rings. The van der Waals surface area contributed by atoms with Gasteiger partial charge in [0.25, 0.3) is 0 Å². The molecule has 0 N–H and O–H groups in total. The third kappa shape index (κ3) is 5.29. The molecule has 0 unspecified atom stereocenters. The molecule has 0 aliphatic heterocycles. The molecule has 0 saturated heterocycles. The number of alkyl halides is 1. The Morgan fingerprint density at radius 3 is 2.59 bits per heavy atom. The molecule has 1 aromatic rings. The standard InChI is InChI=1S/C15H17ClO6/c1-19-10-13(15(18)20-2)22-12-7-4-3-6-11(12)14(17)21-9-5-8-16/h3-4,6-7,10H,5,8-9H2,1-2H3/b13-10+. The monoisotopic (exact) mass is 328 g/mol. The first-order valence-corrected chi connectivity index (χ1v) is 6.98. The lowest BCUT2D eigenvalue weighted by Crippen LogP contribution is -2.14. The van der Waals surface area contributed by atoms with E-state index in [-0.39, 0.29) is 23.7 Å². The van der Waals surface area contributed by atoms with Crippen molar-refractivity contribution < 1.29 is 28.5 Å². The van der Waals surface area contributed by atoms with Crippen LogP contribution in [-0.4, -0.2) is 38.6 Å². The van der Waals surface area contributed by atoms with Gasteiger partial charge in [0.05, 0.1) is 20.8 Å². The highest BCUT2D eigenvalue weighted by molar-refractivity contribution is 6.17. The minimum Gasteiger partial charge on any atom is -0.500 e.